The number of benzene rings is 1. The van der Waals surface area contributed by atoms with Crippen LogP contribution in [0.3, 0.4) is 0 Å². The lowest BCUT2D eigenvalue weighted by Gasteiger charge is -2.32. The first kappa shape index (κ1) is 17.0. The summed E-state index contributed by atoms with van der Waals surface area (Å²) in [4.78, 5) is 26.4. The van der Waals surface area contributed by atoms with Gasteiger partial charge in [-0.1, -0.05) is 22.9 Å². The molecule has 1 heterocycles. The monoisotopic (exact) mass is 366 g/mol. The van der Waals surface area contributed by atoms with Crippen molar-refractivity contribution in [3.05, 3.63) is 34.3 Å². The number of carbonyl (C=O) groups excluding carboxylic acids is 2. The Balaban J connectivity index is 1.87. The highest BCUT2D eigenvalue weighted by Gasteiger charge is 2.28. The smallest absolute Gasteiger partial charge is 0.253 e. The van der Waals surface area contributed by atoms with Crippen molar-refractivity contribution < 1.29 is 9.59 Å². The highest BCUT2D eigenvalue weighted by Crippen LogP contribution is 2.20. The molecule has 120 valence electrons. The molecular formula is C17H23BrN2O2. The molecule has 1 aromatic carbocycles. The zero-order chi connectivity index (χ0) is 16.1. The molecule has 1 atom stereocenters. The van der Waals surface area contributed by atoms with E-state index in [0.717, 1.165) is 23.7 Å². The van der Waals surface area contributed by atoms with Crippen molar-refractivity contribution in [2.75, 3.05) is 13.1 Å². The number of nitrogens with one attached hydrogen (secondary N) is 1. The summed E-state index contributed by atoms with van der Waals surface area (Å²) in [5.41, 5.74) is 0.700. The lowest BCUT2D eigenvalue weighted by molar-refractivity contribution is -0.126. The maximum atomic E-state index is 12.4. The van der Waals surface area contributed by atoms with Gasteiger partial charge in [0.05, 0.1) is 0 Å². The molecule has 1 fully saturated rings. The topological polar surface area (TPSA) is 49.4 Å². The fourth-order valence-electron chi connectivity index (χ4n) is 2.58. The van der Waals surface area contributed by atoms with Gasteiger partial charge in [-0.15, -0.1) is 0 Å². The van der Waals surface area contributed by atoms with Crippen molar-refractivity contribution >= 4 is 27.7 Å². The highest BCUT2D eigenvalue weighted by molar-refractivity contribution is 9.10. The van der Waals surface area contributed by atoms with E-state index in [1.807, 2.05) is 36.1 Å². The Morgan fingerprint density at radius 3 is 2.41 bits per heavy atom. The minimum absolute atomic E-state index is 0.0305. The van der Waals surface area contributed by atoms with Gasteiger partial charge in [0.15, 0.2) is 0 Å². The largest absolute Gasteiger partial charge is 0.353 e. The maximum Gasteiger partial charge on any atom is 0.253 e. The lowest BCUT2D eigenvalue weighted by atomic mass is 9.95. The number of hydrogen-bond donors (Lipinski definition) is 1. The van der Waals surface area contributed by atoms with Crippen LogP contribution in [0, 0.1) is 5.92 Å². The van der Waals surface area contributed by atoms with Crippen LogP contribution in [-0.4, -0.2) is 35.8 Å². The second kappa shape index (κ2) is 7.77. The minimum atomic E-state index is 0.0305. The van der Waals surface area contributed by atoms with E-state index >= 15 is 0 Å². The molecule has 0 bridgehead atoms. The molecule has 22 heavy (non-hydrogen) atoms. The lowest BCUT2D eigenvalue weighted by Crippen LogP contribution is -2.44. The van der Waals surface area contributed by atoms with Crippen LogP contribution in [0.1, 0.15) is 43.5 Å². The third-order valence-electron chi connectivity index (χ3n) is 4.25. The van der Waals surface area contributed by atoms with Crippen LogP contribution < -0.4 is 5.32 Å². The van der Waals surface area contributed by atoms with Crippen molar-refractivity contribution in [1.82, 2.24) is 10.2 Å². The summed E-state index contributed by atoms with van der Waals surface area (Å²) in [5, 5.41) is 3.03. The van der Waals surface area contributed by atoms with Crippen molar-refractivity contribution in [1.29, 1.82) is 0 Å². The standard InChI is InChI=1S/C17H23BrN2O2/c1-3-12(2)19-16(21)13-8-10-20(11-9-13)17(22)14-4-6-15(18)7-5-14/h4-7,12-13H,3,8-11H2,1-2H3,(H,19,21). The fourth-order valence-corrected chi connectivity index (χ4v) is 2.85. The van der Waals surface area contributed by atoms with Crippen LogP contribution in [0.25, 0.3) is 0 Å². The SMILES string of the molecule is CCC(C)NC(=O)C1CCN(C(=O)c2ccc(Br)cc2)CC1. The summed E-state index contributed by atoms with van der Waals surface area (Å²) in [6.45, 7) is 5.37. The van der Waals surface area contributed by atoms with E-state index < -0.39 is 0 Å². The molecule has 0 saturated carbocycles. The van der Waals surface area contributed by atoms with Crippen LogP contribution in [-0.2, 0) is 4.79 Å². The number of nitrogens with zero attached hydrogens (tertiary/aromatic N) is 1. The molecule has 1 unspecified atom stereocenters. The maximum absolute atomic E-state index is 12.4. The highest BCUT2D eigenvalue weighted by atomic mass is 79.9. The number of carbonyl (C=O) groups is 2. The first-order chi connectivity index (χ1) is 10.5. The molecule has 5 heteroatoms. The Labute approximate surface area is 140 Å². The molecule has 0 aliphatic carbocycles. The Morgan fingerprint density at radius 1 is 1.27 bits per heavy atom. The zero-order valence-corrected chi connectivity index (χ0v) is 14.7. The summed E-state index contributed by atoms with van der Waals surface area (Å²) >= 11 is 3.37. The molecule has 4 nitrogen and oxygen atoms in total. The van der Waals surface area contributed by atoms with Gasteiger partial charge in [-0.05, 0) is 50.5 Å². The summed E-state index contributed by atoms with van der Waals surface area (Å²) in [5.74, 6) is 0.210. The van der Waals surface area contributed by atoms with Crippen LogP contribution >= 0.6 is 15.9 Å². The van der Waals surface area contributed by atoms with E-state index in [-0.39, 0.29) is 23.8 Å². The molecule has 1 saturated heterocycles. The molecular weight excluding hydrogens is 344 g/mol. The molecule has 1 aromatic rings. The molecule has 1 aliphatic rings. The van der Waals surface area contributed by atoms with Gasteiger partial charge in [0.2, 0.25) is 5.91 Å². The second-order valence-electron chi connectivity index (χ2n) is 5.89. The van der Waals surface area contributed by atoms with Crippen molar-refractivity contribution in [3.63, 3.8) is 0 Å². The van der Waals surface area contributed by atoms with E-state index in [0.29, 0.717) is 18.7 Å². The van der Waals surface area contributed by atoms with Crippen molar-refractivity contribution in [2.45, 2.75) is 39.2 Å². The Bertz CT molecular complexity index is 522. The molecule has 0 spiro atoms. The predicted octanol–water partition coefficient (Wildman–Crippen LogP) is 3.22. The van der Waals surface area contributed by atoms with Gasteiger partial charge in [0, 0.05) is 35.1 Å². The van der Waals surface area contributed by atoms with Gasteiger partial charge >= 0.3 is 0 Å². The third kappa shape index (κ3) is 4.32. The number of piperidine rings is 1. The van der Waals surface area contributed by atoms with Crippen LogP contribution in [0.2, 0.25) is 0 Å². The first-order valence-electron chi connectivity index (χ1n) is 7.86. The number of rotatable bonds is 4. The van der Waals surface area contributed by atoms with Crippen molar-refractivity contribution in [3.8, 4) is 0 Å². The van der Waals surface area contributed by atoms with Crippen molar-refractivity contribution in [2.24, 2.45) is 5.92 Å². The van der Waals surface area contributed by atoms with Gasteiger partial charge in [-0.2, -0.15) is 0 Å². The first-order valence-corrected chi connectivity index (χ1v) is 8.65. The van der Waals surface area contributed by atoms with Crippen LogP contribution in [0.5, 0.6) is 0 Å². The Hall–Kier alpha value is -1.36. The number of likely N-dealkylation sites (tertiary alicyclic amines) is 1. The van der Waals surface area contributed by atoms with E-state index in [1.165, 1.54) is 0 Å². The molecule has 1 aliphatic heterocycles. The number of hydrogen-bond acceptors (Lipinski definition) is 2. The molecule has 2 amide bonds. The summed E-state index contributed by atoms with van der Waals surface area (Å²) in [6, 6.07) is 7.62. The van der Waals surface area contributed by atoms with Crippen LogP contribution in [0.15, 0.2) is 28.7 Å². The second-order valence-corrected chi connectivity index (χ2v) is 6.81. The fraction of sp³-hybridized carbons (Fsp3) is 0.529. The zero-order valence-electron chi connectivity index (χ0n) is 13.1. The molecule has 0 aromatic heterocycles. The van der Waals surface area contributed by atoms with Gasteiger partial charge in [0.1, 0.15) is 0 Å². The Kier molecular flexibility index (Phi) is 6.00. The van der Waals surface area contributed by atoms with Gasteiger partial charge in [-0.3, -0.25) is 9.59 Å². The van der Waals surface area contributed by atoms with E-state index in [4.69, 9.17) is 0 Å². The van der Waals surface area contributed by atoms with Gasteiger partial charge in [-0.25, -0.2) is 0 Å². The van der Waals surface area contributed by atoms with Gasteiger partial charge < -0.3 is 10.2 Å². The summed E-state index contributed by atoms with van der Waals surface area (Å²) < 4.78 is 0.962. The van der Waals surface area contributed by atoms with E-state index in [1.54, 1.807) is 0 Å². The van der Waals surface area contributed by atoms with Crippen LogP contribution in [0.4, 0.5) is 0 Å². The summed E-state index contributed by atoms with van der Waals surface area (Å²) in [6.07, 6.45) is 2.42. The number of halogens is 1. The molecule has 2 rings (SSSR count). The van der Waals surface area contributed by atoms with E-state index in [2.05, 4.69) is 28.2 Å². The average molecular weight is 367 g/mol. The normalized spacial score (nSPS) is 17.1. The third-order valence-corrected chi connectivity index (χ3v) is 4.77. The number of amides is 2. The molecule has 0 radical (unpaired) electrons. The summed E-state index contributed by atoms with van der Waals surface area (Å²) in [7, 11) is 0. The van der Waals surface area contributed by atoms with Gasteiger partial charge in [0.25, 0.3) is 5.91 Å². The quantitative estimate of drug-likeness (QED) is 0.889. The average Bonchev–Trinajstić information content (AvgIpc) is 2.55. The van der Waals surface area contributed by atoms with E-state index in [9.17, 15) is 9.59 Å². The molecule has 1 N–H and O–H groups in total. The minimum Gasteiger partial charge on any atom is -0.353 e. The Morgan fingerprint density at radius 2 is 1.86 bits per heavy atom. The predicted molar refractivity (Wildman–Crippen MR) is 90.7 cm³/mol.